The van der Waals surface area contributed by atoms with Gasteiger partial charge in [-0.15, -0.1) is 0 Å². The maximum Gasteiger partial charge on any atom is 0.326 e. The molecule has 3 N–H and O–H groups in total. The fourth-order valence-electron chi connectivity index (χ4n) is 1.30. The minimum atomic E-state index is -0.998. The smallest absolute Gasteiger partial charge is 0.326 e. The van der Waals surface area contributed by atoms with Crippen LogP contribution in [0.25, 0.3) is 0 Å². The molecule has 0 aromatic carbocycles. The van der Waals surface area contributed by atoms with Gasteiger partial charge in [-0.05, 0) is 31.3 Å². The fraction of sp³-hybridized carbons (Fsp3) is 0.818. The first-order chi connectivity index (χ1) is 8.11. The van der Waals surface area contributed by atoms with Crippen molar-refractivity contribution in [2.45, 2.75) is 38.6 Å². The van der Waals surface area contributed by atoms with Gasteiger partial charge in [0.05, 0.1) is 0 Å². The number of carbonyl (C=O) groups excluding carboxylic acids is 1. The van der Waals surface area contributed by atoms with Gasteiger partial charge in [-0.3, -0.25) is 0 Å². The highest BCUT2D eigenvalue weighted by molar-refractivity contribution is 7.98. The van der Waals surface area contributed by atoms with E-state index in [1.807, 2.05) is 11.8 Å². The Labute approximate surface area is 107 Å². The van der Waals surface area contributed by atoms with Crippen LogP contribution in [0.1, 0.15) is 32.6 Å². The number of carbonyl (C=O) groups is 2. The number of urea groups is 1. The Kier molecular flexibility index (Phi) is 9.71. The molecule has 6 heteroatoms. The number of aliphatic carboxylic acids is 1. The summed E-state index contributed by atoms with van der Waals surface area (Å²) in [6.45, 7) is 2.32. The second-order valence-electron chi connectivity index (χ2n) is 3.75. The lowest BCUT2D eigenvalue weighted by molar-refractivity contribution is -0.139. The molecule has 0 bridgehead atoms. The van der Waals surface area contributed by atoms with Crippen molar-refractivity contribution in [3.8, 4) is 0 Å². The predicted molar refractivity (Wildman–Crippen MR) is 70.5 cm³/mol. The average molecular weight is 262 g/mol. The molecule has 0 aliphatic rings. The lowest BCUT2D eigenvalue weighted by Crippen LogP contribution is -2.45. The molecule has 0 saturated carbocycles. The van der Waals surface area contributed by atoms with Crippen molar-refractivity contribution in [3.63, 3.8) is 0 Å². The molecule has 1 atom stereocenters. The van der Waals surface area contributed by atoms with Gasteiger partial charge < -0.3 is 15.7 Å². The van der Waals surface area contributed by atoms with Gasteiger partial charge in [-0.2, -0.15) is 11.8 Å². The highest BCUT2D eigenvalue weighted by atomic mass is 32.2. The van der Waals surface area contributed by atoms with Crippen LogP contribution in [0.15, 0.2) is 0 Å². The van der Waals surface area contributed by atoms with E-state index in [1.54, 1.807) is 6.92 Å². The van der Waals surface area contributed by atoms with Crippen molar-refractivity contribution >= 4 is 23.8 Å². The molecule has 0 aromatic rings. The molecule has 0 unspecified atom stereocenters. The van der Waals surface area contributed by atoms with Gasteiger partial charge in [0.1, 0.15) is 6.04 Å². The third-order valence-corrected chi connectivity index (χ3v) is 3.02. The quantitative estimate of drug-likeness (QED) is 0.552. The number of carboxylic acids is 1. The van der Waals surface area contributed by atoms with Crippen molar-refractivity contribution in [2.24, 2.45) is 0 Å². The molecule has 0 spiro atoms. The van der Waals surface area contributed by atoms with E-state index < -0.39 is 18.0 Å². The van der Waals surface area contributed by atoms with Gasteiger partial charge in [0.25, 0.3) is 0 Å². The number of carboxylic acid groups (broad SMARTS) is 1. The highest BCUT2D eigenvalue weighted by Crippen LogP contribution is 2.01. The first-order valence-corrected chi connectivity index (χ1v) is 7.27. The Morgan fingerprint density at radius 2 is 2.00 bits per heavy atom. The Morgan fingerprint density at radius 3 is 2.53 bits per heavy atom. The average Bonchev–Trinajstić information content (AvgIpc) is 2.30. The number of nitrogens with one attached hydrogen (secondary N) is 2. The number of hydrogen-bond acceptors (Lipinski definition) is 3. The summed E-state index contributed by atoms with van der Waals surface area (Å²) in [5, 5.41) is 13.8. The maximum atomic E-state index is 11.3. The van der Waals surface area contributed by atoms with E-state index in [1.165, 1.54) is 0 Å². The molecule has 100 valence electrons. The summed E-state index contributed by atoms with van der Waals surface area (Å²) in [5.41, 5.74) is 0. The summed E-state index contributed by atoms with van der Waals surface area (Å²) < 4.78 is 0. The van der Waals surface area contributed by atoms with Gasteiger partial charge in [0.15, 0.2) is 0 Å². The van der Waals surface area contributed by atoms with Crippen molar-refractivity contribution in [1.29, 1.82) is 0 Å². The SMILES string of the molecule is CC[C@@H](NC(=O)NCCCCCSC)C(=O)O. The first-order valence-electron chi connectivity index (χ1n) is 5.88. The highest BCUT2D eigenvalue weighted by Gasteiger charge is 2.16. The molecule has 0 radical (unpaired) electrons. The fourth-order valence-corrected chi connectivity index (χ4v) is 1.79. The number of hydrogen-bond donors (Lipinski definition) is 3. The molecule has 0 rings (SSSR count). The van der Waals surface area contributed by atoms with Gasteiger partial charge in [0.2, 0.25) is 0 Å². The van der Waals surface area contributed by atoms with Crippen molar-refractivity contribution in [3.05, 3.63) is 0 Å². The van der Waals surface area contributed by atoms with Crippen LogP contribution in [0.3, 0.4) is 0 Å². The Balaban J connectivity index is 3.55. The second kappa shape index (κ2) is 10.3. The van der Waals surface area contributed by atoms with Crippen LogP contribution in [0, 0.1) is 0 Å². The minimum Gasteiger partial charge on any atom is -0.480 e. The van der Waals surface area contributed by atoms with E-state index >= 15 is 0 Å². The Morgan fingerprint density at radius 1 is 1.29 bits per heavy atom. The number of rotatable bonds is 9. The zero-order valence-electron chi connectivity index (χ0n) is 10.5. The largest absolute Gasteiger partial charge is 0.480 e. The van der Waals surface area contributed by atoms with Gasteiger partial charge in [-0.1, -0.05) is 13.3 Å². The molecule has 0 aliphatic heterocycles. The molecule has 0 saturated heterocycles. The van der Waals surface area contributed by atoms with Crippen LogP contribution in [0.2, 0.25) is 0 Å². The predicted octanol–water partition coefficient (Wildman–Crippen LogP) is 1.68. The van der Waals surface area contributed by atoms with Crippen LogP contribution in [-0.2, 0) is 4.79 Å². The lowest BCUT2D eigenvalue weighted by atomic mass is 10.2. The van der Waals surface area contributed by atoms with Crippen molar-refractivity contribution in [2.75, 3.05) is 18.6 Å². The monoisotopic (exact) mass is 262 g/mol. The summed E-state index contributed by atoms with van der Waals surface area (Å²) in [7, 11) is 0. The molecule has 0 fully saturated rings. The van der Waals surface area contributed by atoms with Crippen molar-refractivity contribution in [1.82, 2.24) is 10.6 Å². The summed E-state index contributed by atoms with van der Waals surface area (Å²) in [6, 6.07) is -1.20. The topological polar surface area (TPSA) is 78.4 Å². The minimum absolute atomic E-state index is 0.385. The maximum absolute atomic E-state index is 11.3. The first kappa shape index (κ1) is 16.1. The standard InChI is InChI=1S/C11H22N2O3S/c1-3-9(10(14)15)13-11(16)12-7-5-4-6-8-17-2/h9H,3-8H2,1-2H3,(H,14,15)(H2,12,13,16)/t9-/m1/s1. The van der Waals surface area contributed by atoms with Crippen LogP contribution in [0.4, 0.5) is 4.79 Å². The van der Waals surface area contributed by atoms with Crippen LogP contribution < -0.4 is 10.6 Å². The Hall–Kier alpha value is -0.910. The normalized spacial score (nSPS) is 11.9. The molecule has 17 heavy (non-hydrogen) atoms. The van der Waals surface area contributed by atoms with Gasteiger partial charge in [-0.25, -0.2) is 9.59 Å². The molecule has 0 heterocycles. The number of unbranched alkanes of at least 4 members (excludes halogenated alkanes) is 2. The number of thioether (sulfide) groups is 1. The van der Waals surface area contributed by atoms with Crippen LogP contribution >= 0.6 is 11.8 Å². The Bertz CT molecular complexity index is 237. The second-order valence-corrected chi connectivity index (χ2v) is 4.74. The summed E-state index contributed by atoms with van der Waals surface area (Å²) in [6.07, 6.45) is 5.62. The van der Waals surface area contributed by atoms with E-state index in [0.717, 1.165) is 25.0 Å². The number of amides is 2. The van der Waals surface area contributed by atoms with E-state index in [9.17, 15) is 9.59 Å². The van der Waals surface area contributed by atoms with E-state index in [4.69, 9.17) is 5.11 Å². The van der Waals surface area contributed by atoms with Crippen molar-refractivity contribution < 1.29 is 14.7 Å². The molecular weight excluding hydrogens is 240 g/mol. The lowest BCUT2D eigenvalue weighted by Gasteiger charge is -2.12. The van der Waals surface area contributed by atoms with Crippen LogP contribution in [-0.4, -0.2) is 41.7 Å². The van der Waals surface area contributed by atoms with E-state index in [-0.39, 0.29) is 0 Å². The molecular formula is C11H22N2O3S. The zero-order valence-corrected chi connectivity index (χ0v) is 11.3. The zero-order chi connectivity index (χ0) is 13.1. The van der Waals surface area contributed by atoms with Gasteiger partial charge >= 0.3 is 12.0 Å². The summed E-state index contributed by atoms with van der Waals surface area (Å²) in [4.78, 5) is 22.0. The van der Waals surface area contributed by atoms with E-state index in [2.05, 4.69) is 16.9 Å². The summed E-state index contributed by atoms with van der Waals surface area (Å²) in [5.74, 6) is 0.144. The third-order valence-electron chi connectivity index (χ3n) is 2.32. The molecule has 0 aromatic heterocycles. The molecule has 2 amide bonds. The van der Waals surface area contributed by atoms with Crippen LogP contribution in [0.5, 0.6) is 0 Å². The summed E-state index contributed by atoms with van der Waals surface area (Å²) >= 11 is 1.82. The molecule has 5 nitrogen and oxygen atoms in total. The molecule has 0 aliphatic carbocycles. The third kappa shape index (κ3) is 8.85. The van der Waals surface area contributed by atoms with E-state index in [0.29, 0.717) is 13.0 Å². The van der Waals surface area contributed by atoms with Gasteiger partial charge in [0, 0.05) is 6.54 Å².